The Hall–Kier alpha value is -1.30. The van der Waals surface area contributed by atoms with Gasteiger partial charge in [0.2, 0.25) is 0 Å². The quantitative estimate of drug-likeness (QED) is 0.855. The molecule has 1 heterocycles. The standard InChI is InChI=1S/C15H24N2O3/c1-12(16-17-6-8-20-9-7-17)10-13-4-5-14(18-2)15(11-13)19-3/h4-5,11-12,16H,6-10H2,1-3H3/t12-/m0/s1. The first-order valence-electron chi connectivity index (χ1n) is 7.02. The van der Waals surface area contributed by atoms with Gasteiger partial charge in [-0.2, -0.15) is 0 Å². The lowest BCUT2D eigenvalue weighted by Gasteiger charge is -2.30. The number of methoxy groups -OCH3 is 2. The fourth-order valence-electron chi connectivity index (χ4n) is 2.41. The molecule has 1 aliphatic heterocycles. The van der Waals surface area contributed by atoms with Crippen LogP contribution in [0.25, 0.3) is 0 Å². The minimum absolute atomic E-state index is 0.367. The molecule has 1 fully saturated rings. The van der Waals surface area contributed by atoms with Gasteiger partial charge in [0.15, 0.2) is 11.5 Å². The lowest BCUT2D eigenvalue weighted by atomic mass is 10.1. The molecule has 0 spiro atoms. The Morgan fingerprint density at radius 1 is 1.20 bits per heavy atom. The first kappa shape index (κ1) is 15.1. The van der Waals surface area contributed by atoms with Gasteiger partial charge in [-0.3, -0.25) is 5.43 Å². The molecule has 1 atom stereocenters. The zero-order valence-electron chi connectivity index (χ0n) is 12.5. The molecule has 20 heavy (non-hydrogen) atoms. The topological polar surface area (TPSA) is 43.0 Å². The van der Waals surface area contributed by atoms with Gasteiger partial charge in [0, 0.05) is 19.1 Å². The molecule has 0 radical (unpaired) electrons. The number of hydrogen-bond acceptors (Lipinski definition) is 5. The molecular weight excluding hydrogens is 256 g/mol. The fraction of sp³-hybridized carbons (Fsp3) is 0.600. The van der Waals surface area contributed by atoms with Gasteiger partial charge < -0.3 is 14.2 Å². The largest absolute Gasteiger partial charge is 0.493 e. The molecule has 0 aliphatic carbocycles. The van der Waals surface area contributed by atoms with Crippen LogP contribution in [0.5, 0.6) is 11.5 Å². The highest BCUT2D eigenvalue weighted by Crippen LogP contribution is 2.27. The van der Waals surface area contributed by atoms with Crippen molar-refractivity contribution in [3.05, 3.63) is 23.8 Å². The van der Waals surface area contributed by atoms with Crippen molar-refractivity contribution >= 4 is 0 Å². The number of hydrazine groups is 1. The molecule has 1 aromatic rings. The van der Waals surface area contributed by atoms with Gasteiger partial charge in [0.1, 0.15) is 0 Å². The van der Waals surface area contributed by atoms with Gasteiger partial charge in [-0.1, -0.05) is 6.07 Å². The van der Waals surface area contributed by atoms with Crippen LogP contribution in [0.1, 0.15) is 12.5 Å². The van der Waals surface area contributed by atoms with Crippen molar-refractivity contribution in [3.8, 4) is 11.5 Å². The zero-order valence-corrected chi connectivity index (χ0v) is 12.5. The molecule has 1 aromatic carbocycles. The smallest absolute Gasteiger partial charge is 0.160 e. The highest BCUT2D eigenvalue weighted by molar-refractivity contribution is 5.43. The van der Waals surface area contributed by atoms with Gasteiger partial charge in [0.25, 0.3) is 0 Å². The van der Waals surface area contributed by atoms with Crippen LogP contribution in [-0.4, -0.2) is 51.6 Å². The van der Waals surface area contributed by atoms with E-state index in [4.69, 9.17) is 14.2 Å². The van der Waals surface area contributed by atoms with E-state index in [0.717, 1.165) is 44.2 Å². The third-order valence-electron chi connectivity index (χ3n) is 3.40. The van der Waals surface area contributed by atoms with Gasteiger partial charge in [0.05, 0.1) is 27.4 Å². The Morgan fingerprint density at radius 2 is 1.90 bits per heavy atom. The highest BCUT2D eigenvalue weighted by atomic mass is 16.5. The number of rotatable bonds is 6. The van der Waals surface area contributed by atoms with E-state index < -0.39 is 0 Å². The molecule has 1 aliphatic rings. The van der Waals surface area contributed by atoms with Gasteiger partial charge in [-0.05, 0) is 31.0 Å². The number of ether oxygens (including phenoxy) is 3. The SMILES string of the molecule is COc1ccc(C[C@H](C)NN2CCOCC2)cc1OC. The van der Waals surface area contributed by atoms with Crippen molar-refractivity contribution in [1.82, 2.24) is 10.4 Å². The average Bonchev–Trinajstić information content (AvgIpc) is 2.48. The molecule has 2 rings (SSSR count). The summed E-state index contributed by atoms with van der Waals surface area (Å²) in [6, 6.07) is 6.44. The van der Waals surface area contributed by atoms with Crippen LogP contribution < -0.4 is 14.9 Å². The summed E-state index contributed by atoms with van der Waals surface area (Å²) in [5.41, 5.74) is 4.75. The second-order valence-electron chi connectivity index (χ2n) is 5.02. The Kier molecular flexibility index (Phi) is 5.64. The van der Waals surface area contributed by atoms with Crippen LogP contribution in [0.4, 0.5) is 0 Å². The van der Waals surface area contributed by atoms with Crippen LogP contribution in [-0.2, 0) is 11.2 Å². The maximum atomic E-state index is 5.34. The monoisotopic (exact) mass is 280 g/mol. The van der Waals surface area contributed by atoms with E-state index in [-0.39, 0.29) is 0 Å². The van der Waals surface area contributed by atoms with Crippen molar-refractivity contribution in [2.75, 3.05) is 40.5 Å². The Labute approximate surface area is 120 Å². The van der Waals surface area contributed by atoms with Crippen LogP contribution in [0.2, 0.25) is 0 Å². The molecular formula is C15H24N2O3. The lowest BCUT2D eigenvalue weighted by Crippen LogP contribution is -2.49. The number of hydrogen-bond donors (Lipinski definition) is 1. The molecule has 112 valence electrons. The summed E-state index contributed by atoms with van der Waals surface area (Å²) < 4.78 is 15.9. The van der Waals surface area contributed by atoms with E-state index in [2.05, 4.69) is 23.4 Å². The van der Waals surface area contributed by atoms with E-state index in [1.54, 1.807) is 14.2 Å². The van der Waals surface area contributed by atoms with Crippen LogP contribution in [0.15, 0.2) is 18.2 Å². The molecule has 0 unspecified atom stereocenters. The summed E-state index contributed by atoms with van der Waals surface area (Å²) in [4.78, 5) is 0. The van der Waals surface area contributed by atoms with E-state index in [0.29, 0.717) is 6.04 Å². The molecule has 5 heteroatoms. The second kappa shape index (κ2) is 7.47. The number of morpholine rings is 1. The molecule has 1 N–H and O–H groups in total. The third kappa shape index (κ3) is 4.10. The van der Waals surface area contributed by atoms with Crippen LogP contribution in [0, 0.1) is 0 Å². The minimum Gasteiger partial charge on any atom is -0.493 e. The van der Waals surface area contributed by atoms with E-state index in [1.807, 2.05) is 12.1 Å². The maximum absolute atomic E-state index is 5.34. The highest BCUT2D eigenvalue weighted by Gasteiger charge is 2.14. The molecule has 0 amide bonds. The summed E-state index contributed by atoms with van der Waals surface area (Å²) in [6.45, 7) is 5.67. The summed E-state index contributed by atoms with van der Waals surface area (Å²) in [7, 11) is 3.32. The Balaban J connectivity index is 1.91. The van der Waals surface area contributed by atoms with Crippen LogP contribution >= 0.6 is 0 Å². The van der Waals surface area contributed by atoms with Crippen molar-refractivity contribution < 1.29 is 14.2 Å². The second-order valence-corrected chi connectivity index (χ2v) is 5.02. The molecule has 0 bridgehead atoms. The van der Waals surface area contributed by atoms with Crippen molar-refractivity contribution in [3.63, 3.8) is 0 Å². The zero-order chi connectivity index (χ0) is 14.4. The van der Waals surface area contributed by atoms with Crippen molar-refractivity contribution in [1.29, 1.82) is 0 Å². The van der Waals surface area contributed by atoms with E-state index >= 15 is 0 Å². The molecule has 0 aromatic heterocycles. The van der Waals surface area contributed by atoms with Gasteiger partial charge in [-0.25, -0.2) is 5.01 Å². The minimum atomic E-state index is 0.367. The summed E-state index contributed by atoms with van der Waals surface area (Å²) in [5.74, 6) is 1.55. The molecule has 5 nitrogen and oxygen atoms in total. The summed E-state index contributed by atoms with van der Waals surface area (Å²) in [6.07, 6.45) is 0.942. The van der Waals surface area contributed by atoms with Crippen LogP contribution in [0.3, 0.4) is 0 Å². The number of benzene rings is 1. The van der Waals surface area contributed by atoms with E-state index in [9.17, 15) is 0 Å². The average molecular weight is 280 g/mol. The lowest BCUT2D eigenvalue weighted by molar-refractivity contribution is 0.00510. The molecule has 1 saturated heterocycles. The third-order valence-corrected chi connectivity index (χ3v) is 3.40. The predicted octanol–water partition coefficient (Wildman–Crippen LogP) is 1.47. The maximum Gasteiger partial charge on any atom is 0.160 e. The summed E-state index contributed by atoms with van der Waals surface area (Å²) >= 11 is 0. The Bertz CT molecular complexity index is 420. The fourth-order valence-corrected chi connectivity index (χ4v) is 2.41. The van der Waals surface area contributed by atoms with E-state index in [1.165, 1.54) is 5.56 Å². The first-order chi connectivity index (χ1) is 9.72. The Morgan fingerprint density at radius 3 is 2.55 bits per heavy atom. The van der Waals surface area contributed by atoms with Crippen molar-refractivity contribution in [2.24, 2.45) is 0 Å². The van der Waals surface area contributed by atoms with Gasteiger partial charge in [-0.15, -0.1) is 0 Å². The summed E-state index contributed by atoms with van der Waals surface area (Å²) in [5, 5.41) is 2.23. The first-order valence-corrected chi connectivity index (χ1v) is 7.02. The molecule has 0 saturated carbocycles. The number of nitrogens with one attached hydrogen (secondary N) is 1. The van der Waals surface area contributed by atoms with Crippen molar-refractivity contribution in [2.45, 2.75) is 19.4 Å². The number of nitrogens with zero attached hydrogens (tertiary/aromatic N) is 1. The normalized spacial score (nSPS) is 17.8. The van der Waals surface area contributed by atoms with Gasteiger partial charge >= 0.3 is 0 Å². The predicted molar refractivity (Wildman–Crippen MR) is 78.2 cm³/mol.